The first kappa shape index (κ1) is 18.3. The number of hydrogen-bond donors (Lipinski definition) is 0. The first-order valence-electron chi connectivity index (χ1n) is 9.17. The maximum Gasteiger partial charge on any atom is 0.185 e. The molecule has 0 N–H and O–H groups in total. The molecule has 1 aliphatic carbocycles. The van der Waals surface area contributed by atoms with Crippen molar-refractivity contribution in [2.45, 2.75) is 76.6 Å². The molecule has 0 saturated heterocycles. The van der Waals surface area contributed by atoms with E-state index in [9.17, 15) is 0 Å². The first-order valence-corrected chi connectivity index (χ1v) is 12.6. The van der Waals surface area contributed by atoms with Crippen LogP contribution in [0.5, 0.6) is 0 Å². The molecule has 23 heavy (non-hydrogen) atoms. The first-order chi connectivity index (χ1) is 11.0. The summed E-state index contributed by atoms with van der Waals surface area (Å²) in [4.78, 5) is 0. The molecule has 0 amide bonds. The number of hydrogen-bond acceptors (Lipinski definition) is 1. The third-order valence-electron chi connectivity index (χ3n) is 4.85. The summed E-state index contributed by atoms with van der Waals surface area (Å²) < 4.78 is 6.61. The molecule has 2 heteroatoms. The Balaban J connectivity index is 2.03. The molecule has 1 aromatic rings. The highest BCUT2D eigenvalue weighted by Crippen LogP contribution is 2.40. The van der Waals surface area contributed by atoms with Crippen molar-refractivity contribution in [2.75, 3.05) is 0 Å². The zero-order chi connectivity index (χ0) is 16.8. The van der Waals surface area contributed by atoms with Crippen LogP contribution in [0.4, 0.5) is 0 Å². The van der Waals surface area contributed by atoms with Gasteiger partial charge in [-0.2, -0.15) is 0 Å². The topological polar surface area (TPSA) is 9.23 Å². The number of benzene rings is 1. The molecule has 1 saturated carbocycles. The average Bonchev–Trinajstić information content (AvgIpc) is 2.70. The summed E-state index contributed by atoms with van der Waals surface area (Å²) in [7, 11) is -1.65. The molecule has 1 aliphatic rings. The summed E-state index contributed by atoms with van der Waals surface area (Å²) in [5, 5.41) is 0. The van der Waals surface area contributed by atoms with E-state index < -0.39 is 8.32 Å². The lowest BCUT2D eigenvalue weighted by molar-refractivity contribution is 0.0444. The Labute approximate surface area is 144 Å². The molecular formula is C21H32OSi. The molecule has 0 aromatic heterocycles. The Morgan fingerprint density at radius 3 is 2.57 bits per heavy atom. The standard InChI is InChI=1S/C21H32OSi/c1-5-21(22-23(2,3)4)18-11-7-10-16-20(21)17-12-15-19-13-8-6-9-14-19/h1,6,8-9,13-14,20H,7,10-12,15-18H2,2-4H3/t20-,21-/m1/s1. The van der Waals surface area contributed by atoms with E-state index in [2.05, 4.69) is 55.9 Å². The van der Waals surface area contributed by atoms with E-state index in [0.717, 1.165) is 12.8 Å². The Kier molecular flexibility index (Phi) is 6.50. The lowest BCUT2D eigenvalue weighted by Crippen LogP contribution is -2.46. The average molecular weight is 329 g/mol. The second-order valence-electron chi connectivity index (χ2n) is 7.92. The predicted octanol–water partition coefficient (Wildman–Crippen LogP) is 5.81. The molecule has 0 spiro atoms. The molecule has 0 bridgehead atoms. The smallest absolute Gasteiger partial charge is 0.185 e. The lowest BCUT2D eigenvalue weighted by Gasteiger charge is -2.40. The summed E-state index contributed by atoms with van der Waals surface area (Å²) in [6.07, 6.45) is 15.6. The van der Waals surface area contributed by atoms with Crippen molar-refractivity contribution < 1.29 is 4.43 Å². The van der Waals surface area contributed by atoms with Crippen LogP contribution in [0.15, 0.2) is 30.3 Å². The highest BCUT2D eigenvalue weighted by atomic mass is 28.4. The van der Waals surface area contributed by atoms with E-state index in [-0.39, 0.29) is 5.60 Å². The predicted molar refractivity (Wildman–Crippen MR) is 102 cm³/mol. The Morgan fingerprint density at radius 2 is 1.91 bits per heavy atom. The minimum absolute atomic E-state index is 0.308. The molecule has 0 heterocycles. The Morgan fingerprint density at radius 1 is 1.17 bits per heavy atom. The molecular weight excluding hydrogens is 296 g/mol. The van der Waals surface area contributed by atoms with Gasteiger partial charge >= 0.3 is 0 Å². The van der Waals surface area contributed by atoms with Crippen LogP contribution in [-0.2, 0) is 10.8 Å². The fourth-order valence-electron chi connectivity index (χ4n) is 3.87. The molecule has 0 aliphatic heterocycles. The maximum absolute atomic E-state index is 6.61. The summed E-state index contributed by atoms with van der Waals surface area (Å²) >= 11 is 0. The quantitative estimate of drug-likeness (QED) is 0.363. The summed E-state index contributed by atoms with van der Waals surface area (Å²) in [6, 6.07) is 10.8. The lowest BCUT2D eigenvalue weighted by atomic mass is 9.80. The van der Waals surface area contributed by atoms with Crippen molar-refractivity contribution in [3.63, 3.8) is 0 Å². The Bertz CT molecular complexity index is 511. The largest absolute Gasteiger partial charge is 0.401 e. The van der Waals surface area contributed by atoms with Crippen molar-refractivity contribution in [3.05, 3.63) is 35.9 Å². The molecule has 1 nitrogen and oxygen atoms in total. The van der Waals surface area contributed by atoms with Gasteiger partial charge in [0.1, 0.15) is 5.60 Å². The molecule has 0 radical (unpaired) electrons. The van der Waals surface area contributed by atoms with Crippen molar-refractivity contribution in [1.82, 2.24) is 0 Å². The van der Waals surface area contributed by atoms with Crippen LogP contribution in [-0.4, -0.2) is 13.9 Å². The van der Waals surface area contributed by atoms with E-state index in [1.54, 1.807) is 0 Å². The van der Waals surface area contributed by atoms with Crippen LogP contribution in [0, 0.1) is 18.3 Å². The van der Waals surface area contributed by atoms with Gasteiger partial charge in [0, 0.05) is 0 Å². The number of aryl methyl sites for hydroxylation is 1. The number of rotatable bonds is 6. The molecule has 1 aromatic carbocycles. The van der Waals surface area contributed by atoms with Crippen LogP contribution in [0.1, 0.15) is 50.5 Å². The minimum Gasteiger partial charge on any atom is -0.401 e. The maximum atomic E-state index is 6.61. The van der Waals surface area contributed by atoms with Crippen molar-refractivity contribution >= 4 is 8.32 Å². The van der Waals surface area contributed by atoms with Gasteiger partial charge in [-0.05, 0) is 69.6 Å². The third-order valence-corrected chi connectivity index (χ3v) is 5.83. The van der Waals surface area contributed by atoms with Gasteiger partial charge in [0.2, 0.25) is 0 Å². The van der Waals surface area contributed by atoms with Crippen molar-refractivity contribution in [2.24, 2.45) is 5.92 Å². The SMILES string of the molecule is C#C[C@@]1(O[Si](C)(C)C)CCCCC[C@@H]1CCCc1ccccc1. The highest BCUT2D eigenvalue weighted by Gasteiger charge is 2.41. The summed E-state index contributed by atoms with van der Waals surface area (Å²) in [5.74, 6) is 3.64. The van der Waals surface area contributed by atoms with Crippen molar-refractivity contribution in [1.29, 1.82) is 0 Å². The molecule has 126 valence electrons. The zero-order valence-electron chi connectivity index (χ0n) is 15.1. The fraction of sp³-hybridized carbons (Fsp3) is 0.619. The van der Waals surface area contributed by atoms with Crippen molar-refractivity contribution in [3.8, 4) is 12.3 Å². The fourth-order valence-corrected chi connectivity index (χ4v) is 5.29. The van der Waals surface area contributed by atoms with Crippen LogP contribution in [0.25, 0.3) is 0 Å². The van der Waals surface area contributed by atoms with Gasteiger partial charge in [0.15, 0.2) is 8.32 Å². The van der Waals surface area contributed by atoms with Gasteiger partial charge in [0.05, 0.1) is 0 Å². The summed E-state index contributed by atoms with van der Waals surface area (Å²) in [6.45, 7) is 6.79. The van der Waals surface area contributed by atoms with E-state index in [1.807, 2.05) is 0 Å². The molecule has 2 rings (SSSR count). The molecule has 0 unspecified atom stereocenters. The van der Waals surface area contributed by atoms with Crippen LogP contribution < -0.4 is 0 Å². The Hall–Kier alpha value is -1.04. The zero-order valence-corrected chi connectivity index (χ0v) is 16.1. The van der Waals surface area contributed by atoms with Gasteiger partial charge in [-0.1, -0.05) is 49.1 Å². The third kappa shape index (κ3) is 5.51. The monoisotopic (exact) mass is 328 g/mol. The van der Waals surface area contributed by atoms with Crippen LogP contribution >= 0.6 is 0 Å². The van der Waals surface area contributed by atoms with E-state index in [1.165, 1.54) is 44.1 Å². The molecule has 1 fully saturated rings. The minimum atomic E-state index is -1.65. The normalized spacial score (nSPS) is 25.6. The van der Waals surface area contributed by atoms with Gasteiger partial charge < -0.3 is 4.43 Å². The highest BCUT2D eigenvalue weighted by molar-refractivity contribution is 6.69. The van der Waals surface area contributed by atoms with Crippen LogP contribution in [0.3, 0.4) is 0 Å². The number of terminal acetylenes is 1. The van der Waals surface area contributed by atoms with Gasteiger partial charge in [-0.3, -0.25) is 0 Å². The van der Waals surface area contributed by atoms with E-state index in [0.29, 0.717) is 5.92 Å². The van der Waals surface area contributed by atoms with E-state index >= 15 is 0 Å². The van der Waals surface area contributed by atoms with Crippen LogP contribution in [0.2, 0.25) is 19.6 Å². The molecule has 2 atom stereocenters. The van der Waals surface area contributed by atoms with E-state index in [4.69, 9.17) is 10.8 Å². The van der Waals surface area contributed by atoms with Gasteiger partial charge in [0.25, 0.3) is 0 Å². The van der Waals surface area contributed by atoms with Gasteiger partial charge in [-0.25, -0.2) is 0 Å². The second kappa shape index (κ2) is 8.17. The second-order valence-corrected chi connectivity index (χ2v) is 12.4. The summed E-state index contributed by atoms with van der Waals surface area (Å²) in [5.41, 5.74) is 1.12. The van der Waals surface area contributed by atoms with Gasteiger partial charge in [-0.15, -0.1) is 6.42 Å².